The number of carbonyl (C=O) groups is 1. The Morgan fingerprint density at radius 3 is 2.68 bits per heavy atom. The normalized spacial score (nSPS) is 15.6. The summed E-state index contributed by atoms with van der Waals surface area (Å²) in [6.45, 7) is 1.96. The predicted molar refractivity (Wildman–Crippen MR) is 101 cm³/mol. The van der Waals surface area contributed by atoms with Gasteiger partial charge in [0.05, 0.1) is 24.5 Å². The third kappa shape index (κ3) is 3.69. The number of aryl methyl sites for hydroxylation is 1. The van der Waals surface area contributed by atoms with Gasteiger partial charge in [-0.2, -0.15) is 0 Å². The summed E-state index contributed by atoms with van der Waals surface area (Å²) in [7, 11) is 1.37. The van der Waals surface area contributed by atoms with E-state index in [0.29, 0.717) is 10.7 Å². The first-order valence-corrected chi connectivity index (χ1v) is 8.77. The van der Waals surface area contributed by atoms with Crippen LogP contribution in [0.5, 0.6) is 0 Å². The van der Waals surface area contributed by atoms with Crippen LogP contribution >= 0.6 is 12.2 Å². The lowest BCUT2D eigenvalue weighted by Crippen LogP contribution is -2.45. The smallest absolute Gasteiger partial charge is 0.337 e. The Hall–Kier alpha value is -2.34. The molecule has 0 unspecified atom stereocenters. The van der Waals surface area contributed by atoms with E-state index in [1.807, 2.05) is 25.1 Å². The molecular weight excluding hydrogens is 336 g/mol. The van der Waals surface area contributed by atoms with E-state index >= 15 is 0 Å². The van der Waals surface area contributed by atoms with Crippen LogP contribution in [0.1, 0.15) is 47.4 Å². The molecule has 5 nitrogen and oxygen atoms in total. The van der Waals surface area contributed by atoms with Gasteiger partial charge in [-0.05, 0) is 61.8 Å². The number of thiocarbonyl (C=S) groups is 1. The Labute approximate surface area is 152 Å². The Morgan fingerprint density at radius 1 is 1.28 bits per heavy atom. The van der Waals surface area contributed by atoms with Gasteiger partial charge in [-0.3, -0.25) is 0 Å². The molecule has 0 amide bonds. The van der Waals surface area contributed by atoms with Gasteiger partial charge in [0.25, 0.3) is 0 Å². The minimum Gasteiger partial charge on any atom is -0.467 e. The third-order valence-electron chi connectivity index (χ3n) is 4.71. The van der Waals surface area contributed by atoms with E-state index in [-0.39, 0.29) is 11.5 Å². The molecule has 0 atom stereocenters. The number of hydrogen-bond donors (Lipinski definition) is 2. The van der Waals surface area contributed by atoms with E-state index in [2.05, 4.69) is 10.6 Å². The first kappa shape index (κ1) is 17.5. The van der Waals surface area contributed by atoms with E-state index in [1.165, 1.54) is 7.11 Å². The molecule has 1 saturated carbocycles. The average molecular weight is 358 g/mol. The molecule has 1 heterocycles. The highest BCUT2D eigenvalue weighted by atomic mass is 32.1. The molecule has 0 spiro atoms. The molecule has 2 N–H and O–H groups in total. The van der Waals surface area contributed by atoms with Gasteiger partial charge in [-0.1, -0.05) is 18.9 Å². The first-order chi connectivity index (χ1) is 12.0. The molecule has 132 valence electrons. The van der Waals surface area contributed by atoms with Crippen molar-refractivity contribution in [3.8, 4) is 0 Å². The number of carbonyl (C=O) groups excluding carboxylic acids is 1. The van der Waals surface area contributed by atoms with E-state index in [4.69, 9.17) is 21.4 Å². The van der Waals surface area contributed by atoms with Crippen LogP contribution in [0.4, 0.5) is 5.69 Å². The molecule has 0 radical (unpaired) electrons. The van der Waals surface area contributed by atoms with Crippen molar-refractivity contribution in [2.75, 3.05) is 12.4 Å². The first-order valence-electron chi connectivity index (χ1n) is 8.36. The Morgan fingerprint density at radius 2 is 2.04 bits per heavy atom. The van der Waals surface area contributed by atoms with Crippen molar-refractivity contribution in [3.05, 3.63) is 53.5 Å². The second kappa shape index (κ2) is 7.27. The molecular formula is C19H22N2O3S. The molecule has 1 aromatic carbocycles. The highest BCUT2D eigenvalue weighted by Gasteiger charge is 2.38. The summed E-state index contributed by atoms with van der Waals surface area (Å²) in [6, 6.07) is 9.25. The molecule has 1 fully saturated rings. The highest BCUT2D eigenvalue weighted by Crippen LogP contribution is 2.39. The maximum absolute atomic E-state index is 11.7. The highest BCUT2D eigenvalue weighted by molar-refractivity contribution is 7.80. The van der Waals surface area contributed by atoms with Crippen LogP contribution in [0.2, 0.25) is 0 Å². The van der Waals surface area contributed by atoms with Gasteiger partial charge in [0.15, 0.2) is 5.11 Å². The van der Waals surface area contributed by atoms with Crippen molar-refractivity contribution in [2.45, 2.75) is 38.1 Å². The van der Waals surface area contributed by atoms with E-state index in [1.54, 1.807) is 18.4 Å². The van der Waals surface area contributed by atoms with Gasteiger partial charge in [0, 0.05) is 5.69 Å². The van der Waals surface area contributed by atoms with Crippen LogP contribution in [0.3, 0.4) is 0 Å². The Bertz CT molecular complexity index is 765. The number of benzene rings is 1. The zero-order valence-corrected chi connectivity index (χ0v) is 15.2. The molecule has 3 rings (SSSR count). The SMILES string of the molecule is COC(=O)c1ccc(C)c(NC(=S)NC2(c3ccco3)CCCC2)c1. The molecule has 25 heavy (non-hydrogen) atoms. The fraction of sp³-hybridized carbons (Fsp3) is 0.368. The lowest BCUT2D eigenvalue weighted by atomic mass is 9.94. The van der Waals surface area contributed by atoms with Gasteiger partial charge < -0.3 is 19.8 Å². The quantitative estimate of drug-likeness (QED) is 0.633. The van der Waals surface area contributed by atoms with E-state index in [9.17, 15) is 4.79 Å². The summed E-state index contributed by atoms with van der Waals surface area (Å²) >= 11 is 5.54. The topological polar surface area (TPSA) is 63.5 Å². The van der Waals surface area contributed by atoms with E-state index in [0.717, 1.165) is 42.7 Å². The fourth-order valence-electron chi connectivity index (χ4n) is 3.33. The second-order valence-electron chi connectivity index (χ2n) is 6.37. The van der Waals surface area contributed by atoms with Crippen molar-refractivity contribution in [2.24, 2.45) is 0 Å². The van der Waals surface area contributed by atoms with E-state index < -0.39 is 0 Å². The number of furan rings is 1. The monoisotopic (exact) mass is 358 g/mol. The standard InChI is InChI=1S/C19H22N2O3S/c1-13-7-8-14(17(22)23-2)12-15(13)20-18(25)21-19(9-3-4-10-19)16-6-5-11-24-16/h5-8,11-12H,3-4,9-10H2,1-2H3,(H2,20,21,25). The number of esters is 1. The number of rotatable bonds is 4. The lowest BCUT2D eigenvalue weighted by molar-refractivity contribution is 0.0601. The third-order valence-corrected chi connectivity index (χ3v) is 4.91. The minimum atomic E-state index is -0.371. The predicted octanol–water partition coefficient (Wildman–Crippen LogP) is 4.13. The summed E-state index contributed by atoms with van der Waals surface area (Å²) < 4.78 is 10.4. The molecule has 1 aliphatic carbocycles. The van der Waals surface area contributed by atoms with Crippen molar-refractivity contribution in [3.63, 3.8) is 0 Å². The number of ether oxygens (including phenoxy) is 1. The molecule has 0 aliphatic heterocycles. The summed E-state index contributed by atoms with van der Waals surface area (Å²) in [5.41, 5.74) is 2.00. The lowest BCUT2D eigenvalue weighted by Gasteiger charge is -2.30. The van der Waals surface area contributed by atoms with Crippen LogP contribution in [0.15, 0.2) is 41.0 Å². The van der Waals surface area contributed by atoms with Crippen molar-refractivity contribution < 1.29 is 13.9 Å². The van der Waals surface area contributed by atoms with Gasteiger partial charge in [0.1, 0.15) is 5.76 Å². The maximum Gasteiger partial charge on any atom is 0.337 e. The van der Waals surface area contributed by atoms with Crippen molar-refractivity contribution in [1.82, 2.24) is 5.32 Å². The second-order valence-corrected chi connectivity index (χ2v) is 6.78. The average Bonchev–Trinajstić information content (AvgIpc) is 3.28. The minimum absolute atomic E-state index is 0.262. The number of nitrogens with one attached hydrogen (secondary N) is 2. The fourth-order valence-corrected chi connectivity index (χ4v) is 3.64. The van der Waals surface area contributed by atoms with Crippen molar-refractivity contribution in [1.29, 1.82) is 0 Å². The molecule has 0 bridgehead atoms. The molecule has 2 aromatic rings. The van der Waals surface area contributed by atoms with Crippen LogP contribution < -0.4 is 10.6 Å². The number of anilines is 1. The van der Waals surface area contributed by atoms with Crippen LogP contribution in [-0.4, -0.2) is 18.2 Å². The van der Waals surface area contributed by atoms with Crippen molar-refractivity contribution >= 4 is 29.0 Å². The summed E-state index contributed by atoms with van der Waals surface area (Å²) in [6.07, 6.45) is 5.91. The zero-order chi connectivity index (χ0) is 17.9. The largest absolute Gasteiger partial charge is 0.467 e. The Balaban J connectivity index is 1.77. The van der Waals surface area contributed by atoms with Gasteiger partial charge >= 0.3 is 5.97 Å². The van der Waals surface area contributed by atoms with Gasteiger partial charge in [-0.15, -0.1) is 0 Å². The molecule has 0 saturated heterocycles. The van der Waals surface area contributed by atoms with Gasteiger partial charge in [-0.25, -0.2) is 4.79 Å². The summed E-state index contributed by atoms with van der Waals surface area (Å²) in [5.74, 6) is 0.541. The molecule has 1 aliphatic rings. The maximum atomic E-state index is 11.7. The summed E-state index contributed by atoms with van der Waals surface area (Å²) in [5, 5.41) is 7.17. The van der Waals surface area contributed by atoms with Crippen LogP contribution in [0.25, 0.3) is 0 Å². The molecule has 6 heteroatoms. The van der Waals surface area contributed by atoms with Crippen LogP contribution in [0, 0.1) is 6.92 Å². The zero-order valence-electron chi connectivity index (χ0n) is 14.4. The molecule has 1 aromatic heterocycles. The van der Waals surface area contributed by atoms with Gasteiger partial charge in [0.2, 0.25) is 0 Å². The van der Waals surface area contributed by atoms with Crippen LogP contribution in [-0.2, 0) is 10.3 Å². The Kier molecular flexibility index (Phi) is 5.08. The number of methoxy groups -OCH3 is 1. The number of hydrogen-bond acceptors (Lipinski definition) is 4. The summed E-state index contributed by atoms with van der Waals surface area (Å²) in [4.78, 5) is 11.7.